The number of urea groups is 1. The number of hydrogen-bond donors (Lipinski definition) is 1. The zero-order chi connectivity index (χ0) is 20.1. The van der Waals surface area contributed by atoms with Crippen molar-refractivity contribution in [2.75, 3.05) is 37.2 Å². The van der Waals surface area contributed by atoms with E-state index < -0.39 is 0 Å². The molecule has 9 heteroatoms. The highest BCUT2D eigenvalue weighted by molar-refractivity contribution is 7.99. The highest BCUT2D eigenvalue weighted by Crippen LogP contribution is 2.16. The summed E-state index contributed by atoms with van der Waals surface area (Å²) in [5, 5.41) is 3.34. The molecule has 2 heterocycles. The summed E-state index contributed by atoms with van der Waals surface area (Å²) in [7, 11) is 0. The fraction of sp³-hybridized carbons (Fsp3) is 0.368. The second-order valence-electron chi connectivity index (χ2n) is 6.53. The van der Waals surface area contributed by atoms with Gasteiger partial charge in [0.15, 0.2) is 5.16 Å². The molecule has 0 radical (unpaired) electrons. The summed E-state index contributed by atoms with van der Waals surface area (Å²) in [6, 6.07) is 7.25. The molecule has 28 heavy (non-hydrogen) atoms. The van der Waals surface area contributed by atoms with E-state index in [9.17, 15) is 14.0 Å². The number of rotatable bonds is 4. The molecule has 0 unspecified atom stereocenters. The van der Waals surface area contributed by atoms with Crippen LogP contribution in [0.25, 0.3) is 0 Å². The van der Waals surface area contributed by atoms with Gasteiger partial charge in [-0.25, -0.2) is 19.2 Å². The normalized spacial score (nSPS) is 14.1. The van der Waals surface area contributed by atoms with Crippen molar-refractivity contribution in [3.63, 3.8) is 0 Å². The molecular formula is C19H22FN5O2S. The SMILES string of the molecule is Cc1cc(C)nc(SCC(=O)N2CCN(C(=O)Nc3ccc(F)cc3)CC2)n1. The molecule has 0 saturated carbocycles. The minimum absolute atomic E-state index is 0.00588. The lowest BCUT2D eigenvalue weighted by Crippen LogP contribution is -2.52. The van der Waals surface area contributed by atoms with Gasteiger partial charge >= 0.3 is 6.03 Å². The standard InChI is InChI=1S/C19H22FN5O2S/c1-13-11-14(2)22-18(21-13)28-12-17(26)24-7-9-25(10-8-24)19(27)23-16-5-3-15(20)4-6-16/h3-6,11H,7-10,12H2,1-2H3,(H,23,27). The van der Waals surface area contributed by atoms with Crippen molar-refractivity contribution in [3.05, 3.63) is 47.5 Å². The van der Waals surface area contributed by atoms with Gasteiger partial charge in [-0.1, -0.05) is 11.8 Å². The molecule has 0 atom stereocenters. The summed E-state index contributed by atoms with van der Waals surface area (Å²) in [6.45, 7) is 5.65. The van der Waals surface area contributed by atoms with Gasteiger partial charge < -0.3 is 15.1 Å². The predicted molar refractivity (Wildman–Crippen MR) is 106 cm³/mol. The van der Waals surface area contributed by atoms with Crippen LogP contribution in [0.15, 0.2) is 35.5 Å². The topological polar surface area (TPSA) is 78.4 Å². The van der Waals surface area contributed by atoms with Gasteiger partial charge in [0.2, 0.25) is 5.91 Å². The van der Waals surface area contributed by atoms with Crippen LogP contribution in [0.2, 0.25) is 0 Å². The lowest BCUT2D eigenvalue weighted by atomic mass is 10.3. The Morgan fingerprint density at radius 3 is 2.21 bits per heavy atom. The summed E-state index contributed by atoms with van der Waals surface area (Å²) >= 11 is 1.32. The second kappa shape index (κ2) is 9.01. The summed E-state index contributed by atoms with van der Waals surface area (Å²) in [6.07, 6.45) is 0. The fourth-order valence-electron chi connectivity index (χ4n) is 2.87. The Morgan fingerprint density at radius 1 is 1.04 bits per heavy atom. The van der Waals surface area contributed by atoms with E-state index in [-0.39, 0.29) is 23.5 Å². The van der Waals surface area contributed by atoms with Crippen molar-refractivity contribution in [2.45, 2.75) is 19.0 Å². The number of aryl methyl sites for hydroxylation is 2. The van der Waals surface area contributed by atoms with Gasteiger partial charge in [0.05, 0.1) is 5.75 Å². The number of amides is 3. The Labute approximate surface area is 167 Å². The monoisotopic (exact) mass is 403 g/mol. The van der Waals surface area contributed by atoms with E-state index in [0.29, 0.717) is 37.0 Å². The number of anilines is 1. The van der Waals surface area contributed by atoms with Crippen molar-refractivity contribution in [3.8, 4) is 0 Å². The van der Waals surface area contributed by atoms with E-state index in [1.165, 1.54) is 36.0 Å². The third-order valence-electron chi connectivity index (χ3n) is 4.30. The van der Waals surface area contributed by atoms with Crippen LogP contribution in [0.1, 0.15) is 11.4 Å². The number of carbonyl (C=O) groups is 2. The maximum Gasteiger partial charge on any atom is 0.321 e. The highest BCUT2D eigenvalue weighted by atomic mass is 32.2. The fourth-order valence-corrected chi connectivity index (χ4v) is 3.72. The third kappa shape index (κ3) is 5.41. The summed E-state index contributed by atoms with van der Waals surface area (Å²) in [5.41, 5.74) is 2.29. The van der Waals surface area contributed by atoms with E-state index in [0.717, 1.165) is 11.4 Å². The zero-order valence-corrected chi connectivity index (χ0v) is 16.6. The number of hydrogen-bond acceptors (Lipinski definition) is 5. The number of carbonyl (C=O) groups excluding carboxylic acids is 2. The molecule has 148 valence electrons. The predicted octanol–water partition coefficient (Wildman–Crippen LogP) is 2.70. The van der Waals surface area contributed by atoms with E-state index in [4.69, 9.17) is 0 Å². The minimum Gasteiger partial charge on any atom is -0.338 e. The van der Waals surface area contributed by atoms with Crippen molar-refractivity contribution in [1.82, 2.24) is 19.8 Å². The number of nitrogens with one attached hydrogen (secondary N) is 1. The lowest BCUT2D eigenvalue weighted by molar-refractivity contribution is -0.129. The van der Waals surface area contributed by atoms with Gasteiger partial charge in [-0.2, -0.15) is 0 Å². The first-order valence-electron chi connectivity index (χ1n) is 8.95. The van der Waals surface area contributed by atoms with Gasteiger partial charge in [-0.3, -0.25) is 4.79 Å². The number of nitrogens with zero attached hydrogens (tertiary/aromatic N) is 4. The average molecular weight is 403 g/mol. The molecule has 1 aromatic heterocycles. The maximum absolute atomic E-state index is 12.9. The van der Waals surface area contributed by atoms with Crippen LogP contribution >= 0.6 is 11.8 Å². The van der Waals surface area contributed by atoms with Crippen molar-refractivity contribution >= 4 is 29.4 Å². The Balaban J connectivity index is 1.45. The summed E-state index contributed by atoms with van der Waals surface area (Å²) in [4.78, 5) is 36.8. The van der Waals surface area contributed by atoms with Crippen LogP contribution in [0, 0.1) is 19.7 Å². The second-order valence-corrected chi connectivity index (χ2v) is 7.47. The van der Waals surface area contributed by atoms with Crippen LogP contribution < -0.4 is 5.32 Å². The van der Waals surface area contributed by atoms with Crippen LogP contribution in [0.5, 0.6) is 0 Å². The Kier molecular flexibility index (Phi) is 6.45. The van der Waals surface area contributed by atoms with Gasteiger partial charge in [-0.05, 0) is 44.2 Å². The van der Waals surface area contributed by atoms with Gasteiger partial charge in [0.1, 0.15) is 5.82 Å². The lowest BCUT2D eigenvalue weighted by Gasteiger charge is -2.34. The Hall–Kier alpha value is -2.68. The zero-order valence-electron chi connectivity index (χ0n) is 15.8. The molecule has 1 saturated heterocycles. The summed E-state index contributed by atoms with van der Waals surface area (Å²) in [5.74, 6) is -0.0782. The largest absolute Gasteiger partial charge is 0.338 e. The molecular weight excluding hydrogens is 381 g/mol. The van der Waals surface area contributed by atoms with Crippen molar-refractivity contribution in [2.24, 2.45) is 0 Å². The summed E-state index contributed by atoms with van der Waals surface area (Å²) < 4.78 is 12.9. The van der Waals surface area contributed by atoms with Crippen LogP contribution in [-0.4, -0.2) is 63.6 Å². The van der Waals surface area contributed by atoms with Crippen LogP contribution in [-0.2, 0) is 4.79 Å². The molecule has 7 nitrogen and oxygen atoms in total. The number of halogens is 1. The molecule has 3 amide bonds. The van der Waals surface area contributed by atoms with Crippen LogP contribution in [0.4, 0.5) is 14.9 Å². The van der Waals surface area contributed by atoms with E-state index in [1.54, 1.807) is 9.80 Å². The van der Waals surface area contributed by atoms with Crippen molar-refractivity contribution in [1.29, 1.82) is 0 Å². The Morgan fingerprint density at radius 2 is 1.61 bits per heavy atom. The molecule has 1 aromatic carbocycles. The molecule has 0 spiro atoms. The molecule has 2 aromatic rings. The van der Waals surface area contributed by atoms with E-state index in [2.05, 4.69) is 15.3 Å². The average Bonchev–Trinajstić information content (AvgIpc) is 2.67. The number of piperazine rings is 1. The number of benzene rings is 1. The maximum atomic E-state index is 12.9. The first-order chi connectivity index (χ1) is 13.4. The van der Waals surface area contributed by atoms with Gasteiger partial charge in [0, 0.05) is 43.3 Å². The third-order valence-corrected chi connectivity index (χ3v) is 5.13. The Bertz CT molecular complexity index is 834. The quantitative estimate of drug-likeness (QED) is 0.627. The number of thioether (sulfide) groups is 1. The van der Waals surface area contributed by atoms with Crippen LogP contribution in [0.3, 0.4) is 0 Å². The molecule has 3 rings (SSSR count). The molecule has 0 aliphatic carbocycles. The molecule has 1 aliphatic rings. The molecule has 0 bridgehead atoms. The smallest absolute Gasteiger partial charge is 0.321 e. The first kappa shape index (κ1) is 20.1. The molecule has 1 N–H and O–H groups in total. The van der Waals surface area contributed by atoms with E-state index in [1.807, 2.05) is 19.9 Å². The first-order valence-corrected chi connectivity index (χ1v) is 9.93. The molecule has 1 aliphatic heterocycles. The highest BCUT2D eigenvalue weighted by Gasteiger charge is 2.24. The number of aromatic nitrogens is 2. The molecule has 1 fully saturated rings. The van der Waals surface area contributed by atoms with E-state index >= 15 is 0 Å². The minimum atomic E-state index is -0.353. The van der Waals surface area contributed by atoms with Gasteiger partial charge in [-0.15, -0.1) is 0 Å². The van der Waals surface area contributed by atoms with Crippen molar-refractivity contribution < 1.29 is 14.0 Å². The van der Waals surface area contributed by atoms with Gasteiger partial charge in [0.25, 0.3) is 0 Å².